The summed E-state index contributed by atoms with van der Waals surface area (Å²) in [7, 11) is 0. The molecule has 0 bridgehead atoms. The molecule has 0 aliphatic carbocycles. The largest absolute Gasteiger partial charge is 0.340 e. The van der Waals surface area contributed by atoms with E-state index < -0.39 is 0 Å². The van der Waals surface area contributed by atoms with Crippen LogP contribution in [0, 0.1) is 0 Å². The van der Waals surface area contributed by atoms with Gasteiger partial charge in [-0.15, -0.1) is 11.8 Å². The first-order valence-electron chi connectivity index (χ1n) is 6.33. The molecule has 1 aliphatic rings. The third-order valence-electron chi connectivity index (χ3n) is 3.44. The minimum Gasteiger partial charge on any atom is -0.340 e. The number of rotatable bonds is 2. The number of hydrogen-bond donors (Lipinski definition) is 0. The average Bonchev–Trinajstić information content (AvgIpc) is 2.48. The van der Waals surface area contributed by atoms with Gasteiger partial charge in [-0.1, -0.05) is 12.1 Å². The molecular formula is C16H15NOS. The molecule has 0 spiro atoms. The van der Waals surface area contributed by atoms with Crippen LogP contribution in [0.1, 0.15) is 16.8 Å². The molecule has 0 N–H and O–H groups in total. The molecule has 0 fully saturated rings. The molecule has 19 heavy (non-hydrogen) atoms. The van der Waals surface area contributed by atoms with Gasteiger partial charge < -0.3 is 4.90 Å². The number of nitrogens with zero attached hydrogens (tertiary/aromatic N) is 1. The van der Waals surface area contributed by atoms with Crippen molar-refractivity contribution in [2.75, 3.05) is 17.7 Å². The first-order valence-corrected chi connectivity index (χ1v) is 7.56. The van der Waals surface area contributed by atoms with Gasteiger partial charge in [-0.2, -0.15) is 0 Å². The fourth-order valence-electron chi connectivity index (χ4n) is 2.44. The van der Waals surface area contributed by atoms with Crippen molar-refractivity contribution in [1.29, 1.82) is 0 Å². The van der Waals surface area contributed by atoms with Gasteiger partial charge in [0.15, 0.2) is 5.78 Å². The lowest BCUT2D eigenvalue weighted by Crippen LogP contribution is -2.27. The van der Waals surface area contributed by atoms with Crippen molar-refractivity contribution in [2.24, 2.45) is 0 Å². The summed E-state index contributed by atoms with van der Waals surface area (Å²) >= 11 is 1.74. The van der Waals surface area contributed by atoms with Gasteiger partial charge >= 0.3 is 0 Å². The minimum atomic E-state index is 0.243. The molecule has 3 heteroatoms. The van der Waals surface area contributed by atoms with E-state index in [1.807, 2.05) is 24.3 Å². The number of thioether (sulfide) groups is 1. The number of anilines is 2. The third-order valence-corrected chi connectivity index (χ3v) is 4.19. The number of fused-ring (bicyclic) bond motifs is 1. The Labute approximate surface area is 117 Å². The van der Waals surface area contributed by atoms with Crippen molar-refractivity contribution in [3.8, 4) is 0 Å². The first kappa shape index (κ1) is 12.3. The molecular weight excluding hydrogens is 254 g/mol. The second-order valence-corrected chi connectivity index (χ2v) is 5.42. The van der Waals surface area contributed by atoms with Gasteiger partial charge in [0.2, 0.25) is 0 Å². The van der Waals surface area contributed by atoms with E-state index in [1.165, 1.54) is 4.90 Å². The van der Waals surface area contributed by atoms with Gasteiger partial charge in [-0.05, 0) is 42.7 Å². The Kier molecular flexibility index (Phi) is 3.30. The Morgan fingerprint density at radius 1 is 1.05 bits per heavy atom. The second-order valence-electron chi connectivity index (χ2n) is 4.54. The molecule has 96 valence electrons. The standard InChI is InChI=1S/C16H15NOS/c1-19-13-8-6-12(7-9-13)17-11-10-16(18)14-4-2-3-5-15(14)17/h2-9H,10-11H2,1H3. The quantitative estimate of drug-likeness (QED) is 0.764. The molecule has 1 aliphatic heterocycles. The van der Waals surface area contributed by atoms with Crippen molar-refractivity contribution >= 4 is 28.9 Å². The highest BCUT2D eigenvalue weighted by Crippen LogP contribution is 2.33. The molecule has 0 radical (unpaired) electrons. The van der Waals surface area contributed by atoms with E-state index in [-0.39, 0.29) is 5.78 Å². The highest BCUT2D eigenvalue weighted by Gasteiger charge is 2.23. The Morgan fingerprint density at radius 2 is 1.79 bits per heavy atom. The van der Waals surface area contributed by atoms with Crippen molar-refractivity contribution < 1.29 is 4.79 Å². The third kappa shape index (κ3) is 2.26. The number of para-hydroxylation sites is 1. The summed E-state index contributed by atoms with van der Waals surface area (Å²) in [5.74, 6) is 0.243. The number of carbonyl (C=O) groups excluding carboxylic acids is 1. The van der Waals surface area contributed by atoms with Crippen LogP contribution < -0.4 is 4.90 Å². The molecule has 0 atom stereocenters. The maximum absolute atomic E-state index is 11.9. The van der Waals surface area contributed by atoms with Crippen molar-refractivity contribution in [3.63, 3.8) is 0 Å². The van der Waals surface area contributed by atoms with Crippen LogP contribution in [0.4, 0.5) is 11.4 Å². The van der Waals surface area contributed by atoms with Gasteiger partial charge in [-0.25, -0.2) is 0 Å². The highest BCUT2D eigenvalue weighted by molar-refractivity contribution is 7.98. The van der Waals surface area contributed by atoms with Crippen molar-refractivity contribution in [3.05, 3.63) is 54.1 Å². The molecule has 0 unspecified atom stereocenters. The van der Waals surface area contributed by atoms with E-state index >= 15 is 0 Å². The maximum atomic E-state index is 11.9. The van der Waals surface area contributed by atoms with E-state index in [4.69, 9.17) is 0 Å². The van der Waals surface area contributed by atoms with E-state index in [1.54, 1.807) is 11.8 Å². The molecule has 3 rings (SSSR count). The number of carbonyl (C=O) groups is 1. The topological polar surface area (TPSA) is 20.3 Å². The molecule has 0 aromatic heterocycles. The predicted molar refractivity (Wildman–Crippen MR) is 80.6 cm³/mol. The van der Waals surface area contributed by atoms with Crippen LogP contribution in [0.3, 0.4) is 0 Å². The van der Waals surface area contributed by atoms with Crippen LogP contribution in [-0.2, 0) is 0 Å². The Hall–Kier alpha value is -1.74. The molecule has 2 nitrogen and oxygen atoms in total. The van der Waals surface area contributed by atoms with Crippen molar-refractivity contribution in [1.82, 2.24) is 0 Å². The number of Topliss-reactive ketones (excluding diaryl/α,β-unsaturated/α-hetero) is 1. The zero-order valence-electron chi connectivity index (χ0n) is 10.8. The van der Waals surface area contributed by atoms with Crippen LogP contribution >= 0.6 is 11.8 Å². The molecule has 0 saturated heterocycles. The van der Waals surface area contributed by atoms with Gasteiger partial charge in [0.05, 0.1) is 5.69 Å². The summed E-state index contributed by atoms with van der Waals surface area (Å²) in [4.78, 5) is 15.4. The van der Waals surface area contributed by atoms with Crippen LogP contribution in [0.15, 0.2) is 53.4 Å². The SMILES string of the molecule is CSc1ccc(N2CCC(=O)c3ccccc32)cc1. The highest BCUT2D eigenvalue weighted by atomic mass is 32.2. The van der Waals surface area contributed by atoms with E-state index in [2.05, 4.69) is 35.4 Å². The summed E-state index contributed by atoms with van der Waals surface area (Å²) in [5, 5.41) is 0. The summed E-state index contributed by atoms with van der Waals surface area (Å²) in [6.07, 6.45) is 2.66. The molecule has 2 aromatic rings. The van der Waals surface area contributed by atoms with Gasteiger partial charge in [-0.3, -0.25) is 4.79 Å². The lowest BCUT2D eigenvalue weighted by molar-refractivity contribution is 0.0981. The van der Waals surface area contributed by atoms with Gasteiger partial charge in [0.1, 0.15) is 0 Å². The van der Waals surface area contributed by atoms with Crippen LogP contribution in [-0.4, -0.2) is 18.6 Å². The smallest absolute Gasteiger partial charge is 0.166 e. The van der Waals surface area contributed by atoms with Gasteiger partial charge in [0, 0.05) is 29.1 Å². The Bertz CT molecular complexity index is 606. The summed E-state index contributed by atoms with van der Waals surface area (Å²) < 4.78 is 0. The normalized spacial score (nSPS) is 14.4. The fraction of sp³-hybridized carbons (Fsp3) is 0.188. The fourth-order valence-corrected chi connectivity index (χ4v) is 2.85. The second kappa shape index (κ2) is 5.10. The zero-order valence-corrected chi connectivity index (χ0v) is 11.6. The predicted octanol–water partition coefficient (Wildman–Crippen LogP) is 4.13. The molecule has 0 saturated carbocycles. The van der Waals surface area contributed by atoms with E-state index in [9.17, 15) is 4.79 Å². The summed E-state index contributed by atoms with van der Waals surface area (Å²) in [6, 6.07) is 16.3. The van der Waals surface area contributed by atoms with Crippen LogP contribution in [0.2, 0.25) is 0 Å². The molecule has 0 amide bonds. The minimum absolute atomic E-state index is 0.243. The van der Waals surface area contributed by atoms with E-state index in [0.717, 1.165) is 23.5 Å². The number of hydrogen-bond acceptors (Lipinski definition) is 3. The summed E-state index contributed by atoms with van der Waals surface area (Å²) in [6.45, 7) is 0.758. The molecule has 1 heterocycles. The lowest BCUT2D eigenvalue weighted by Gasteiger charge is -2.30. The Morgan fingerprint density at radius 3 is 2.53 bits per heavy atom. The number of benzene rings is 2. The number of ketones is 1. The monoisotopic (exact) mass is 269 g/mol. The van der Waals surface area contributed by atoms with E-state index in [0.29, 0.717) is 6.42 Å². The van der Waals surface area contributed by atoms with Crippen LogP contribution in [0.5, 0.6) is 0 Å². The lowest BCUT2D eigenvalue weighted by atomic mass is 10.00. The first-order chi connectivity index (χ1) is 9.29. The zero-order chi connectivity index (χ0) is 13.2. The average molecular weight is 269 g/mol. The molecule has 2 aromatic carbocycles. The summed E-state index contributed by atoms with van der Waals surface area (Å²) in [5.41, 5.74) is 3.01. The van der Waals surface area contributed by atoms with Crippen molar-refractivity contribution in [2.45, 2.75) is 11.3 Å². The van der Waals surface area contributed by atoms with Gasteiger partial charge in [0.25, 0.3) is 0 Å². The Balaban J connectivity index is 2.01. The van der Waals surface area contributed by atoms with Crippen LogP contribution in [0.25, 0.3) is 0 Å². The maximum Gasteiger partial charge on any atom is 0.166 e.